The minimum absolute atomic E-state index is 0. The molecule has 0 radical (unpaired) electrons. The second-order valence-electron chi connectivity index (χ2n) is 5.47. The van der Waals surface area contributed by atoms with Crippen molar-refractivity contribution in [2.75, 3.05) is 0 Å². The number of aliphatic hydroxyl groups is 5. The van der Waals surface area contributed by atoms with Gasteiger partial charge in [0, 0.05) is 50.0 Å². The van der Waals surface area contributed by atoms with Gasteiger partial charge in [-0.25, -0.2) is 0 Å². The van der Waals surface area contributed by atoms with Crippen molar-refractivity contribution >= 4 is 0 Å². The molecule has 0 heterocycles. The maximum Gasteiger partial charge on any atom is 0.0483 e. The molecule has 0 aromatic rings. The SMILES string of the molecule is CC(C)O.CC(C)O.CC(C)O.CC(C)O.CC(C)O.[Ru]. The number of hydrogen-bond acceptors (Lipinski definition) is 5. The Bertz CT molecular complexity index is 80.6. The largest absolute Gasteiger partial charge is 0.394 e. The summed E-state index contributed by atoms with van der Waals surface area (Å²) in [6.07, 6.45) is -0.833. The minimum Gasteiger partial charge on any atom is -0.394 e. The summed E-state index contributed by atoms with van der Waals surface area (Å²) in [5, 5.41) is 40.3. The van der Waals surface area contributed by atoms with Crippen LogP contribution in [0.15, 0.2) is 0 Å². The Morgan fingerprint density at radius 1 is 0.333 bits per heavy atom. The summed E-state index contributed by atoms with van der Waals surface area (Å²) in [7, 11) is 0. The van der Waals surface area contributed by atoms with Gasteiger partial charge in [0.15, 0.2) is 0 Å². The van der Waals surface area contributed by atoms with Crippen LogP contribution in [0.2, 0.25) is 0 Å². The van der Waals surface area contributed by atoms with Gasteiger partial charge in [-0.1, -0.05) is 0 Å². The Morgan fingerprint density at radius 2 is 0.333 bits per heavy atom. The Balaban J connectivity index is -0.0000000331. The van der Waals surface area contributed by atoms with Gasteiger partial charge in [0.25, 0.3) is 0 Å². The summed E-state index contributed by atoms with van der Waals surface area (Å²) in [6.45, 7) is 17.2. The normalized spacial score (nSPS) is 8.57. The fourth-order valence-corrected chi connectivity index (χ4v) is 0. The molecule has 6 heteroatoms. The smallest absolute Gasteiger partial charge is 0.0483 e. The zero-order valence-electron chi connectivity index (χ0n) is 15.5. The van der Waals surface area contributed by atoms with Crippen molar-refractivity contribution in [1.29, 1.82) is 0 Å². The van der Waals surface area contributed by atoms with Crippen LogP contribution < -0.4 is 0 Å². The average Bonchev–Trinajstić information content (AvgIpc) is 1.94. The van der Waals surface area contributed by atoms with Crippen molar-refractivity contribution in [2.45, 2.75) is 99.8 Å². The molecule has 0 spiro atoms. The molecule has 0 aliphatic rings. The number of rotatable bonds is 0. The Morgan fingerprint density at radius 3 is 0.333 bits per heavy atom. The first-order chi connectivity index (χ1) is 8.66. The topological polar surface area (TPSA) is 101 Å². The molecule has 0 aromatic heterocycles. The monoisotopic (exact) mass is 402 g/mol. The molecule has 0 saturated carbocycles. The third kappa shape index (κ3) is 38700. The Hall–Kier alpha value is 0.423. The van der Waals surface area contributed by atoms with E-state index in [9.17, 15) is 0 Å². The summed E-state index contributed by atoms with van der Waals surface area (Å²) >= 11 is 0. The molecule has 5 nitrogen and oxygen atoms in total. The van der Waals surface area contributed by atoms with Gasteiger partial charge in [-0.2, -0.15) is 0 Å². The van der Waals surface area contributed by atoms with Gasteiger partial charge in [-0.15, -0.1) is 0 Å². The van der Waals surface area contributed by atoms with Gasteiger partial charge in [0.1, 0.15) is 0 Å². The van der Waals surface area contributed by atoms with Crippen molar-refractivity contribution in [3.05, 3.63) is 0 Å². The number of aliphatic hydroxyl groups excluding tert-OH is 5. The van der Waals surface area contributed by atoms with E-state index in [1.165, 1.54) is 0 Å². The zero-order valence-corrected chi connectivity index (χ0v) is 17.2. The van der Waals surface area contributed by atoms with Crippen LogP contribution in [0.3, 0.4) is 0 Å². The van der Waals surface area contributed by atoms with Gasteiger partial charge < -0.3 is 25.5 Å². The van der Waals surface area contributed by atoms with Crippen LogP contribution in [0.4, 0.5) is 0 Å². The first-order valence-electron chi connectivity index (χ1n) is 7.06. The Labute approximate surface area is 145 Å². The molecule has 0 rings (SSSR count). The molecule has 0 atom stereocenters. The molecule has 21 heavy (non-hydrogen) atoms. The molecular formula is C15H40O5Ru. The van der Waals surface area contributed by atoms with E-state index in [-0.39, 0.29) is 50.0 Å². The average molecular weight is 402 g/mol. The molecule has 0 amide bonds. The molecule has 0 fully saturated rings. The van der Waals surface area contributed by atoms with Crippen molar-refractivity contribution in [2.24, 2.45) is 0 Å². The van der Waals surface area contributed by atoms with Crippen LogP contribution in [-0.4, -0.2) is 56.1 Å². The van der Waals surface area contributed by atoms with Gasteiger partial charge in [0.2, 0.25) is 0 Å². The quantitative estimate of drug-likeness (QED) is 0.399. The van der Waals surface area contributed by atoms with Crippen molar-refractivity contribution in [3.63, 3.8) is 0 Å². The fraction of sp³-hybridized carbons (Fsp3) is 1.00. The second kappa shape index (κ2) is 32.4. The van der Waals surface area contributed by atoms with Gasteiger partial charge in [0.05, 0.1) is 0 Å². The molecule has 0 bridgehead atoms. The van der Waals surface area contributed by atoms with E-state index in [2.05, 4.69) is 0 Å². The summed E-state index contributed by atoms with van der Waals surface area (Å²) < 4.78 is 0. The van der Waals surface area contributed by atoms with Gasteiger partial charge >= 0.3 is 0 Å². The molecule has 0 unspecified atom stereocenters. The van der Waals surface area contributed by atoms with Crippen molar-refractivity contribution in [1.82, 2.24) is 0 Å². The van der Waals surface area contributed by atoms with Crippen LogP contribution in [0.25, 0.3) is 0 Å². The van der Waals surface area contributed by atoms with E-state index in [0.29, 0.717) is 0 Å². The molecule has 0 aromatic carbocycles. The third-order valence-electron chi connectivity index (χ3n) is 0. The molecule has 138 valence electrons. The maximum absolute atomic E-state index is 8.06. The summed E-state index contributed by atoms with van der Waals surface area (Å²) in [5.74, 6) is 0. The molecule has 0 saturated heterocycles. The van der Waals surface area contributed by atoms with Crippen LogP contribution >= 0.6 is 0 Å². The molecule has 0 aliphatic carbocycles. The van der Waals surface area contributed by atoms with Crippen LogP contribution in [0.1, 0.15) is 69.2 Å². The van der Waals surface area contributed by atoms with Crippen LogP contribution in [0.5, 0.6) is 0 Å². The summed E-state index contributed by atoms with van der Waals surface area (Å²) in [6, 6.07) is 0. The molecular weight excluding hydrogens is 361 g/mol. The first-order valence-corrected chi connectivity index (χ1v) is 7.06. The van der Waals surface area contributed by atoms with Gasteiger partial charge in [-0.3, -0.25) is 0 Å². The predicted octanol–water partition coefficient (Wildman–Crippen LogP) is 1.93. The van der Waals surface area contributed by atoms with Crippen LogP contribution in [0, 0.1) is 0 Å². The van der Waals surface area contributed by atoms with E-state index in [1.54, 1.807) is 69.2 Å². The fourth-order valence-electron chi connectivity index (χ4n) is 0. The minimum atomic E-state index is -0.167. The summed E-state index contributed by atoms with van der Waals surface area (Å²) in [4.78, 5) is 0. The van der Waals surface area contributed by atoms with E-state index in [4.69, 9.17) is 25.5 Å². The molecule has 5 N–H and O–H groups in total. The first kappa shape index (κ1) is 37.6. The molecule has 0 aliphatic heterocycles. The van der Waals surface area contributed by atoms with E-state index in [0.717, 1.165) is 0 Å². The zero-order chi connectivity index (χ0) is 17.9. The van der Waals surface area contributed by atoms with E-state index < -0.39 is 0 Å². The van der Waals surface area contributed by atoms with E-state index >= 15 is 0 Å². The standard InChI is InChI=1S/5C3H8O.Ru/c5*1-3(2)4;/h5*3-4H,1-2H3;. The third-order valence-corrected chi connectivity index (χ3v) is 0. The second-order valence-corrected chi connectivity index (χ2v) is 5.47. The number of hydrogen-bond donors (Lipinski definition) is 5. The Kier molecular flexibility index (Phi) is 57.9. The van der Waals surface area contributed by atoms with E-state index in [1.807, 2.05) is 0 Å². The van der Waals surface area contributed by atoms with Crippen molar-refractivity contribution < 1.29 is 45.0 Å². The van der Waals surface area contributed by atoms with Crippen LogP contribution in [-0.2, 0) is 19.5 Å². The van der Waals surface area contributed by atoms with Gasteiger partial charge in [-0.05, 0) is 69.2 Å². The summed E-state index contributed by atoms with van der Waals surface area (Å²) in [5.41, 5.74) is 0. The van der Waals surface area contributed by atoms with Crippen molar-refractivity contribution in [3.8, 4) is 0 Å². The predicted molar refractivity (Wildman–Crippen MR) is 86.8 cm³/mol. The maximum atomic E-state index is 8.06.